The number of nitrogens with two attached hydrogens (primary N) is 1. The fraction of sp³-hybridized carbons (Fsp3) is 0.500. The van der Waals surface area contributed by atoms with Gasteiger partial charge in [0.2, 0.25) is 5.91 Å². The van der Waals surface area contributed by atoms with Crippen molar-refractivity contribution in [3.63, 3.8) is 0 Å². The molecule has 2 atom stereocenters. The van der Waals surface area contributed by atoms with Crippen LogP contribution in [0.15, 0.2) is 18.2 Å². The normalized spacial score (nSPS) is 22.9. The monoisotopic (exact) mass is 302 g/mol. The van der Waals surface area contributed by atoms with Gasteiger partial charge >= 0.3 is 6.18 Å². The van der Waals surface area contributed by atoms with Crippen LogP contribution in [0.25, 0.3) is 0 Å². The molecule has 2 unspecified atom stereocenters. The molecule has 1 amide bonds. The number of alkyl halides is 3. The second kappa shape index (κ2) is 5.93. The summed E-state index contributed by atoms with van der Waals surface area (Å²) in [6, 6.07) is 2.10. The maximum atomic E-state index is 12.6. The minimum Gasteiger partial charge on any atom is -0.506 e. The number of nitrogens with one attached hydrogen (secondary N) is 1. The first kappa shape index (κ1) is 15.6. The highest BCUT2D eigenvalue weighted by atomic mass is 19.4. The number of carbonyl (C=O) groups is 1. The maximum Gasteiger partial charge on any atom is 0.416 e. The van der Waals surface area contributed by atoms with E-state index in [1.807, 2.05) is 0 Å². The first-order valence-corrected chi connectivity index (χ1v) is 6.75. The first-order chi connectivity index (χ1) is 9.79. The Kier molecular flexibility index (Phi) is 4.41. The number of carbonyl (C=O) groups excluding carboxylic acids is 1. The summed E-state index contributed by atoms with van der Waals surface area (Å²) in [7, 11) is 0. The summed E-state index contributed by atoms with van der Waals surface area (Å²) in [5.41, 5.74) is 4.70. The molecule has 1 aliphatic carbocycles. The van der Waals surface area contributed by atoms with E-state index in [4.69, 9.17) is 5.73 Å². The number of anilines is 1. The molecule has 0 bridgehead atoms. The predicted molar refractivity (Wildman–Crippen MR) is 71.7 cm³/mol. The van der Waals surface area contributed by atoms with Crippen LogP contribution in [0.5, 0.6) is 5.75 Å². The number of hydrogen-bond donors (Lipinski definition) is 3. The molecule has 2 rings (SSSR count). The van der Waals surface area contributed by atoms with Crippen LogP contribution in [-0.4, -0.2) is 17.1 Å². The Morgan fingerprint density at radius 2 is 1.95 bits per heavy atom. The van der Waals surface area contributed by atoms with E-state index >= 15 is 0 Å². The Labute approximate surface area is 120 Å². The van der Waals surface area contributed by atoms with E-state index in [0.29, 0.717) is 12.8 Å². The van der Waals surface area contributed by atoms with Crippen molar-refractivity contribution < 1.29 is 23.1 Å². The summed E-state index contributed by atoms with van der Waals surface area (Å²) in [5, 5.41) is 12.0. The molecule has 116 valence electrons. The van der Waals surface area contributed by atoms with Gasteiger partial charge in [0.05, 0.1) is 17.2 Å². The van der Waals surface area contributed by atoms with Crippen LogP contribution >= 0.6 is 0 Å². The fourth-order valence-electron chi connectivity index (χ4n) is 2.52. The van der Waals surface area contributed by atoms with E-state index in [1.54, 1.807) is 0 Å². The predicted octanol–water partition coefficient (Wildman–Crippen LogP) is 2.87. The van der Waals surface area contributed by atoms with Gasteiger partial charge in [0.25, 0.3) is 0 Å². The Balaban J connectivity index is 2.16. The van der Waals surface area contributed by atoms with Crippen LogP contribution in [-0.2, 0) is 11.0 Å². The number of amides is 1. The highest BCUT2D eigenvalue weighted by molar-refractivity contribution is 5.94. The Bertz CT molecular complexity index is 531. The van der Waals surface area contributed by atoms with Gasteiger partial charge in [-0.1, -0.05) is 12.8 Å². The Morgan fingerprint density at radius 1 is 1.29 bits per heavy atom. The number of hydrogen-bond acceptors (Lipinski definition) is 3. The molecule has 7 heteroatoms. The highest BCUT2D eigenvalue weighted by Crippen LogP contribution is 2.35. The van der Waals surface area contributed by atoms with Crippen molar-refractivity contribution in [2.24, 2.45) is 11.7 Å². The SMILES string of the molecule is NC1CCCCC1C(=O)Nc1cc(C(F)(F)F)ccc1O. The van der Waals surface area contributed by atoms with Crippen LogP contribution in [0.2, 0.25) is 0 Å². The molecule has 4 nitrogen and oxygen atoms in total. The van der Waals surface area contributed by atoms with Crippen LogP contribution in [0.3, 0.4) is 0 Å². The number of benzene rings is 1. The van der Waals surface area contributed by atoms with Gasteiger partial charge in [-0.25, -0.2) is 0 Å². The summed E-state index contributed by atoms with van der Waals surface area (Å²) in [6.07, 6.45) is -1.41. The zero-order valence-corrected chi connectivity index (χ0v) is 11.3. The zero-order chi connectivity index (χ0) is 15.6. The summed E-state index contributed by atoms with van der Waals surface area (Å²) < 4.78 is 37.9. The van der Waals surface area contributed by atoms with Gasteiger partial charge in [-0.05, 0) is 31.0 Å². The molecule has 1 saturated carbocycles. The van der Waals surface area contributed by atoms with Crippen LogP contribution in [0, 0.1) is 5.92 Å². The molecular formula is C14H17F3N2O2. The van der Waals surface area contributed by atoms with E-state index in [-0.39, 0.29) is 11.7 Å². The molecule has 0 radical (unpaired) electrons. The van der Waals surface area contributed by atoms with E-state index in [9.17, 15) is 23.1 Å². The van der Waals surface area contributed by atoms with Crippen LogP contribution in [0.4, 0.5) is 18.9 Å². The summed E-state index contributed by atoms with van der Waals surface area (Å²) >= 11 is 0. The molecule has 1 aliphatic rings. The largest absolute Gasteiger partial charge is 0.506 e. The van der Waals surface area contributed by atoms with E-state index < -0.39 is 29.3 Å². The van der Waals surface area contributed by atoms with Gasteiger partial charge in [0, 0.05) is 6.04 Å². The zero-order valence-electron chi connectivity index (χ0n) is 11.3. The van der Waals surface area contributed by atoms with Crippen LogP contribution < -0.4 is 11.1 Å². The Hall–Kier alpha value is -1.76. The molecular weight excluding hydrogens is 285 g/mol. The molecule has 0 spiro atoms. The lowest BCUT2D eigenvalue weighted by atomic mass is 9.84. The van der Waals surface area contributed by atoms with Gasteiger partial charge in [0.1, 0.15) is 5.75 Å². The van der Waals surface area contributed by atoms with E-state index in [1.165, 1.54) is 0 Å². The molecule has 0 aromatic heterocycles. The van der Waals surface area contributed by atoms with Crippen molar-refractivity contribution in [1.82, 2.24) is 0 Å². The van der Waals surface area contributed by atoms with Gasteiger partial charge in [-0.2, -0.15) is 13.2 Å². The average Bonchev–Trinajstić information content (AvgIpc) is 2.40. The topological polar surface area (TPSA) is 75.4 Å². The van der Waals surface area contributed by atoms with E-state index in [2.05, 4.69) is 5.32 Å². The van der Waals surface area contributed by atoms with Crippen molar-refractivity contribution in [1.29, 1.82) is 0 Å². The number of aromatic hydroxyl groups is 1. The molecule has 0 saturated heterocycles. The molecule has 1 aromatic rings. The van der Waals surface area contributed by atoms with Gasteiger partial charge < -0.3 is 16.2 Å². The minimum absolute atomic E-state index is 0.243. The molecule has 4 N–H and O–H groups in total. The molecule has 0 heterocycles. The Morgan fingerprint density at radius 3 is 2.57 bits per heavy atom. The number of phenolic OH excluding ortho intramolecular Hbond substituents is 1. The second-order valence-corrected chi connectivity index (χ2v) is 5.27. The summed E-state index contributed by atoms with van der Waals surface area (Å²) in [6.45, 7) is 0. The number of rotatable bonds is 2. The number of halogens is 3. The van der Waals surface area contributed by atoms with Crippen molar-refractivity contribution >= 4 is 11.6 Å². The van der Waals surface area contributed by atoms with Crippen molar-refractivity contribution in [2.75, 3.05) is 5.32 Å². The standard InChI is InChI=1S/C14H17F3N2O2/c15-14(16,17)8-5-6-12(20)11(7-8)19-13(21)9-3-1-2-4-10(9)18/h5-7,9-10,20H,1-4,18H2,(H,19,21). The van der Waals surface area contributed by atoms with Crippen LogP contribution in [0.1, 0.15) is 31.2 Å². The highest BCUT2D eigenvalue weighted by Gasteiger charge is 2.32. The van der Waals surface area contributed by atoms with Crippen molar-refractivity contribution in [2.45, 2.75) is 37.9 Å². The molecule has 21 heavy (non-hydrogen) atoms. The quantitative estimate of drug-likeness (QED) is 0.735. The third-order valence-electron chi connectivity index (χ3n) is 3.74. The molecule has 1 aromatic carbocycles. The average molecular weight is 302 g/mol. The maximum absolute atomic E-state index is 12.6. The third-order valence-corrected chi connectivity index (χ3v) is 3.74. The molecule has 0 aliphatic heterocycles. The smallest absolute Gasteiger partial charge is 0.416 e. The molecule has 1 fully saturated rings. The number of phenols is 1. The lowest BCUT2D eigenvalue weighted by Gasteiger charge is -2.27. The van der Waals surface area contributed by atoms with E-state index in [0.717, 1.165) is 31.0 Å². The third kappa shape index (κ3) is 3.66. The van der Waals surface area contributed by atoms with Crippen molar-refractivity contribution in [3.05, 3.63) is 23.8 Å². The van der Waals surface area contributed by atoms with Gasteiger partial charge in [-0.15, -0.1) is 0 Å². The minimum atomic E-state index is -4.53. The van der Waals surface area contributed by atoms with Gasteiger partial charge in [0.15, 0.2) is 0 Å². The summed E-state index contributed by atoms with van der Waals surface area (Å²) in [4.78, 5) is 12.1. The lowest BCUT2D eigenvalue weighted by molar-refractivity contribution is -0.137. The lowest BCUT2D eigenvalue weighted by Crippen LogP contribution is -2.40. The van der Waals surface area contributed by atoms with Gasteiger partial charge in [-0.3, -0.25) is 4.79 Å². The second-order valence-electron chi connectivity index (χ2n) is 5.27. The fourth-order valence-corrected chi connectivity index (χ4v) is 2.52. The first-order valence-electron chi connectivity index (χ1n) is 6.75. The summed E-state index contributed by atoms with van der Waals surface area (Å²) in [5.74, 6) is -1.29. The van der Waals surface area contributed by atoms with Crippen molar-refractivity contribution in [3.8, 4) is 5.75 Å².